The summed E-state index contributed by atoms with van der Waals surface area (Å²) >= 11 is 0. The third-order valence-corrected chi connectivity index (χ3v) is 5.38. The number of hydrogen-bond donors (Lipinski definition) is 2. The van der Waals surface area contributed by atoms with Crippen LogP contribution in [0.1, 0.15) is 44.7 Å². The van der Waals surface area contributed by atoms with Crippen LogP contribution in [0.5, 0.6) is 5.75 Å². The van der Waals surface area contributed by atoms with Gasteiger partial charge in [0, 0.05) is 18.3 Å². The second-order valence-corrected chi connectivity index (χ2v) is 7.24. The molecule has 2 N–H and O–H groups in total. The number of ether oxygens (including phenoxy) is 2. The van der Waals surface area contributed by atoms with Gasteiger partial charge in [-0.3, -0.25) is 4.90 Å². The first-order chi connectivity index (χ1) is 13.5. The van der Waals surface area contributed by atoms with E-state index in [1.807, 2.05) is 24.3 Å². The lowest BCUT2D eigenvalue weighted by molar-refractivity contribution is -0.139. The van der Waals surface area contributed by atoms with Crippen LogP contribution in [0, 0.1) is 0 Å². The van der Waals surface area contributed by atoms with Gasteiger partial charge >= 0.3 is 12.0 Å². The molecule has 1 aromatic rings. The Morgan fingerprint density at radius 2 is 2.14 bits per heavy atom. The molecule has 2 amide bonds. The largest absolute Gasteiger partial charge is 0.497 e. The second-order valence-electron chi connectivity index (χ2n) is 7.24. The molecule has 0 radical (unpaired) electrons. The van der Waals surface area contributed by atoms with Crippen LogP contribution < -0.4 is 15.4 Å². The number of rotatable bonds is 6. The van der Waals surface area contributed by atoms with Crippen molar-refractivity contribution in [2.45, 2.75) is 45.2 Å². The van der Waals surface area contributed by atoms with Gasteiger partial charge in [0.05, 0.1) is 25.3 Å². The highest BCUT2D eigenvalue weighted by atomic mass is 16.5. The molecule has 7 heteroatoms. The number of likely N-dealkylation sites (tertiary alicyclic amines) is 1. The highest BCUT2D eigenvalue weighted by Gasteiger charge is 2.35. The molecular formula is C21H29N3O4. The minimum absolute atomic E-state index is 0.272. The Morgan fingerprint density at radius 1 is 1.32 bits per heavy atom. The summed E-state index contributed by atoms with van der Waals surface area (Å²) in [5, 5.41) is 5.73. The van der Waals surface area contributed by atoms with Gasteiger partial charge < -0.3 is 20.1 Å². The monoisotopic (exact) mass is 387 g/mol. The number of nitrogens with zero attached hydrogens (tertiary/aromatic N) is 1. The first kappa shape index (κ1) is 20.2. The van der Waals surface area contributed by atoms with Crippen LogP contribution in [0.25, 0.3) is 0 Å². The predicted octanol–water partition coefficient (Wildman–Crippen LogP) is 2.74. The molecule has 0 aliphatic carbocycles. The van der Waals surface area contributed by atoms with Crippen LogP contribution in [-0.2, 0) is 9.53 Å². The maximum atomic E-state index is 12.9. The molecule has 0 saturated carbocycles. The molecule has 152 valence electrons. The number of carbonyl (C=O) groups excluding carboxylic acids is 2. The average Bonchev–Trinajstić information content (AvgIpc) is 2.69. The molecule has 2 unspecified atom stereocenters. The highest BCUT2D eigenvalue weighted by molar-refractivity contribution is 5.95. The van der Waals surface area contributed by atoms with Crippen molar-refractivity contribution in [3.8, 4) is 5.75 Å². The van der Waals surface area contributed by atoms with Crippen LogP contribution in [0.3, 0.4) is 0 Å². The van der Waals surface area contributed by atoms with E-state index in [1.165, 1.54) is 6.42 Å². The molecular weight excluding hydrogens is 358 g/mol. The van der Waals surface area contributed by atoms with Crippen molar-refractivity contribution in [1.82, 2.24) is 15.5 Å². The number of piperidine rings is 1. The minimum Gasteiger partial charge on any atom is -0.497 e. The number of carbonyl (C=O) groups is 2. The predicted molar refractivity (Wildman–Crippen MR) is 106 cm³/mol. The fourth-order valence-electron chi connectivity index (χ4n) is 3.86. The summed E-state index contributed by atoms with van der Waals surface area (Å²) in [6, 6.07) is 6.88. The molecule has 0 spiro atoms. The number of methoxy groups -OCH3 is 1. The number of urea groups is 1. The summed E-state index contributed by atoms with van der Waals surface area (Å²) in [4.78, 5) is 27.6. The molecule has 2 atom stereocenters. The lowest BCUT2D eigenvalue weighted by atomic mass is 9.94. The average molecular weight is 387 g/mol. The van der Waals surface area contributed by atoms with Gasteiger partial charge in [0.2, 0.25) is 0 Å². The van der Waals surface area contributed by atoms with Gasteiger partial charge in [-0.15, -0.1) is 0 Å². The van der Waals surface area contributed by atoms with Gasteiger partial charge in [-0.2, -0.15) is 0 Å². The van der Waals surface area contributed by atoms with Crippen molar-refractivity contribution in [3.05, 3.63) is 41.1 Å². The van der Waals surface area contributed by atoms with E-state index in [2.05, 4.69) is 22.5 Å². The lowest BCUT2D eigenvalue weighted by Crippen LogP contribution is -2.50. The van der Waals surface area contributed by atoms with E-state index in [4.69, 9.17) is 9.47 Å². The molecule has 1 fully saturated rings. The summed E-state index contributed by atoms with van der Waals surface area (Å²) < 4.78 is 10.6. The number of esters is 1. The van der Waals surface area contributed by atoms with Crippen molar-refractivity contribution in [1.29, 1.82) is 0 Å². The summed E-state index contributed by atoms with van der Waals surface area (Å²) in [5.74, 6) is 0.252. The molecule has 0 bridgehead atoms. The Labute approximate surface area is 166 Å². The summed E-state index contributed by atoms with van der Waals surface area (Å²) in [7, 11) is 1.59. The van der Waals surface area contributed by atoms with E-state index in [0.29, 0.717) is 29.6 Å². The third-order valence-electron chi connectivity index (χ3n) is 5.38. The maximum absolute atomic E-state index is 12.9. The Bertz CT molecular complexity index is 762. The zero-order valence-electron chi connectivity index (χ0n) is 16.8. The highest BCUT2D eigenvalue weighted by Crippen LogP contribution is 2.31. The third kappa shape index (κ3) is 4.47. The molecule has 7 nitrogen and oxygen atoms in total. The molecule has 28 heavy (non-hydrogen) atoms. The Hall–Kier alpha value is -2.54. The number of nitrogens with one attached hydrogen (secondary N) is 2. The van der Waals surface area contributed by atoms with Crippen molar-refractivity contribution < 1.29 is 19.1 Å². The van der Waals surface area contributed by atoms with Crippen molar-refractivity contribution >= 4 is 12.0 Å². The standard InChI is InChI=1S/C21H29N3O4/c1-4-28-20(25)18-17(13-24-11-6-5-8-14(24)2)22-21(26)23-19(18)15-9-7-10-16(12-15)27-3/h7,9-10,12,14,19H,4-6,8,11,13H2,1-3H3,(H2,22,23,26). The number of benzene rings is 1. The topological polar surface area (TPSA) is 79.9 Å². The number of amides is 2. The Morgan fingerprint density at radius 3 is 2.86 bits per heavy atom. The van der Waals surface area contributed by atoms with Gasteiger partial charge in [-0.05, 0) is 50.9 Å². The lowest BCUT2D eigenvalue weighted by Gasteiger charge is -2.36. The summed E-state index contributed by atoms with van der Waals surface area (Å²) in [5.41, 5.74) is 1.85. The van der Waals surface area contributed by atoms with Crippen molar-refractivity contribution in [2.24, 2.45) is 0 Å². The fraction of sp³-hybridized carbons (Fsp3) is 0.524. The fourth-order valence-corrected chi connectivity index (χ4v) is 3.86. The van der Waals surface area contributed by atoms with Crippen LogP contribution in [0.2, 0.25) is 0 Å². The molecule has 3 rings (SSSR count). The van der Waals surface area contributed by atoms with E-state index < -0.39 is 12.0 Å². The molecule has 2 aliphatic heterocycles. The van der Waals surface area contributed by atoms with Crippen LogP contribution >= 0.6 is 0 Å². The summed E-state index contributed by atoms with van der Waals surface area (Å²) in [6.07, 6.45) is 3.45. The van der Waals surface area contributed by atoms with Gasteiger partial charge in [0.1, 0.15) is 5.75 Å². The van der Waals surface area contributed by atoms with Gasteiger partial charge in [0.25, 0.3) is 0 Å². The van der Waals surface area contributed by atoms with E-state index in [0.717, 1.165) is 24.9 Å². The SMILES string of the molecule is CCOC(=O)C1=C(CN2CCCCC2C)NC(=O)NC1c1cccc(OC)c1. The van der Waals surface area contributed by atoms with Gasteiger partial charge in [0.15, 0.2) is 0 Å². The van der Waals surface area contributed by atoms with Gasteiger partial charge in [-0.25, -0.2) is 9.59 Å². The second kappa shape index (κ2) is 9.10. The van der Waals surface area contributed by atoms with Crippen molar-refractivity contribution in [2.75, 3.05) is 26.8 Å². The Balaban J connectivity index is 2.00. The van der Waals surface area contributed by atoms with Crippen molar-refractivity contribution in [3.63, 3.8) is 0 Å². The zero-order chi connectivity index (χ0) is 20.1. The minimum atomic E-state index is -0.585. The first-order valence-corrected chi connectivity index (χ1v) is 9.89. The molecule has 2 heterocycles. The Kier molecular flexibility index (Phi) is 6.57. The molecule has 2 aliphatic rings. The van der Waals surface area contributed by atoms with E-state index in [9.17, 15) is 9.59 Å². The van der Waals surface area contributed by atoms with E-state index in [1.54, 1.807) is 14.0 Å². The molecule has 1 saturated heterocycles. The van der Waals surface area contributed by atoms with Crippen LogP contribution in [-0.4, -0.2) is 49.7 Å². The molecule has 0 aromatic heterocycles. The van der Waals surface area contributed by atoms with Gasteiger partial charge in [-0.1, -0.05) is 18.6 Å². The number of hydrogen-bond acceptors (Lipinski definition) is 5. The zero-order valence-corrected chi connectivity index (χ0v) is 16.8. The van der Waals surface area contributed by atoms with Crippen LogP contribution in [0.4, 0.5) is 4.79 Å². The first-order valence-electron chi connectivity index (χ1n) is 9.89. The summed E-state index contributed by atoms with van der Waals surface area (Å²) in [6.45, 7) is 5.71. The molecule has 1 aromatic carbocycles. The van der Waals surface area contributed by atoms with E-state index >= 15 is 0 Å². The van der Waals surface area contributed by atoms with E-state index in [-0.39, 0.29) is 12.6 Å². The van der Waals surface area contributed by atoms with Crippen LogP contribution in [0.15, 0.2) is 35.5 Å². The normalized spacial score (nSPS) is 23.0. The smallest absolute Gasteiger partial charge is 0.338 e. The quantitative estimate of drug-likeness (QED) is 0.734. The maximum Gasteiger partial charge on any atom is 0.338 e.